The van der Waals surface area contributed by atoms with Crippen molar-refractivity contribution < 1.29 is 33.4 Å². The van der Waals surface area contributed by atoms with E-state index in [1.165, 1.54) is 11.3 Å². The van der Waals surface area contributed by atoms with Crippen LogP contribution in [0.15, 0.2) is 11.7 Å². The number of methoxy groups -OCH3 is 1. The molecule has 282 valence electrons. The van der Waals surface area contributed by atoms with Gasteiger partial charge in [-0.3, -0.25) is 29.0 Å². The summed E-state index contributed by atoms with van der Waals surface area (Å²) in [4.78, 5) is 77.2. The SMILES string of the molecule is COC[C@H]1CCCN(C(=O)[C@@H](NC(=O)[C@@H]2CN(C(=O)c3cncs3)CC23CN(C(=O)[C@H]2CC2(C)C)C3)[C@@H](C)OCC2CCC(NC(C)=O)CC2)C1. The summed E-state index contributed by atoms with van der Waals surface area (Å²) in [5, 5.41) is 6.16. The predicted octanol–water partition coefficient (Wildman–Crippen LogP) is 2.56. The van der Waals surface area contributed by atoms with E-state index in [-0.39, 0.29) is 59.4 Å². The molecule has 2 saturated carbocycles. The molecule has 5 aliphatic rings. The van der Waals surface area contributed by atoms with E-state index in [9.17, 15) is 24.0 Å². The molecular formula is C37H56N6O7S. The molecule has 13 nitrogen and oxygen atoms in total. The van der Waals surface area contributed by atoms with Gasteiger partial charge in [-0.2, -0.15) is 0 Å². The van der Waals surface area contributed by atoms with Gasteiger partial charge in [0, 0.05) is 77.3 Å². The fraction of sp³-hybridized carbons (Fsp3) is 0.784. The summed E-state index contributed by atoms with van der Waals surface area (Å²) in [7, 11) is 1.67. The molecule has 0 radical (unpaired) electrons. The molecule has 5 fully saturated rings. The molecule has 1 aromatic heterocycles. The van der Waals surface area contributed by atoms with Crippen LogP contribution >= 0.6 is 11.3 Å². The van der Waals surface area contributed by atoms with Gasteiger partial charge in [0.1, 0.15) is 10.9 Å². The molecular weight excluding hydrogens is 673 g/mol. The highest BCUT2D eigenvalue weighted by atomic mass is 32.1. The van der Waals surface area contributed by atoms with Crippen molar-refractivity contribution in [1.29, 1.82) is 0 Å². The Balaban J connectivity index is 1.17. The number of carbonyl (C=O) groups is 5. The Morgan fingerprint density at radius 1 is 0.961 bits per heavy atom. The van der Waals surface area contributed by atoms with Gasteiger partial charge in [0.2, 0.25) is 23.6 Å². The van der Waals surface area contributed by atoms with Crippen molar-refractivity contribution in [2.75, 3.05) is 59.6 Å². The second kappa shape index (κ2) is 15.5. The van der Waals surface area contributed by atoms with Gasteiger partial charge in [0.05, 0.1) is 30.3 Å². The second-order valence-corrected chi connectivity index (χ2v) is 17.5. The first kappa shape index (κ1) is 37.7. The number of carbonyl (C=O) groups excluding carboxylic acids is 5. The molecule has 0 aromatic carbocycles. The molecule has 3 saturated heterocycles. The number of aromatic nitrogens is 1. The third-order valence-corrected chi connectivity index (χ3v) is 12.9. The monoisotopic (exact) mass is 728 g/mol. The van der Waals surface area contributed by atoms with Gasteiger partial charge in [0.25, 0.3) is 5.91 Å². The molecule has 5 amide bonds. The van der Waals surface area contributed by atoms with E-state index in [0.717, 1.165) is 44.9 Å². The highest BCUT2D eigenvalue weighted by Crippen LogP contribution is 2.54. The molecule has 6 rings (SSSR count). The zero-order valence-corrected chi connectivity index (χ0v) is 31.7. The maximum absolute atomic E-state index is 14.5. The van der Waals surface area contributed by atoms with Gasteiger partial charge in [-0.1, -0.05) is 13.8 Å². The lowest BCUT2D eigenvalue weighted by Gasteiger charge is -2.50. The maximum Gasteiger partial charge on any atom is 0.265 e. The number of hydrogen-bond donors (Lipinski definition) is 2. The van der Waals surface area contributed by atoms with Gasteiger partial charge in [-0.25, -0.2) is 0 Å². The lowest BCUT2D eigenvalue weighted by Crippen LogP contribution is -2.65. The lowest BCUT2D eigenvalue weighted by atomic mass is 9.70. The van der Waals surface area contributed by atoms with Gasteiger partial charge in [0.15, 0.2) is 0 Å². The van der Waals surface area contributed by atoms with Gasteiger partial charge < -0.3 is 34.8 Å². The predicted molar refractivity (Wildman–Crippen MR) is 190 cm³/mol. The molecule has 1 spiro atoms. The Bertz CT molecular complexity index is 1440. The van der Waals surface area contributed by atoms with Crippen LogP contribution in [0.5, 0.6) is 0 Å². The van der Waals surface area contributed by atoms with Crippen molar-refractivity contribution in [3.05, 3.63) is 16.6 Å². The quantitative estimate of drug-likeness (QED) is 0.334. The molecule has 0 bridgehead atoms. The van der Waals surface area contributed by atoms with Crippen LogP contribution in [0.3, 0.4) is 0 Å². The van der Waals surface area contributed by atoms with Gasteiger partial charge >= 0.3 is 0 Å². The van der Waals surface area contributed by atoms with E-state index in [2.05, 4.69) is 29.5 Å². The number of rotatable bonds is 12. The van der Waals surface area contributed by atoms with Crippen LogP contribution in [0.1, 0.15) is 82.3 Å². The highest BCUT2D eigenvalue weighted by molar-refractivity contribution is 7.11. The summed E-state index contributed by atoms with van der Waals surface area (Å²) < 4.78 is 11.8. The minimum Gasteiger partial charge on any atom is -0.384 e. The van der Waals surface area contributed by atoms with E-state index >= 15 is 0 Å². The topological polar surface area (TPSA) is 150 Å². The molecule has 0 unspecified atom stereocenters. The highest BCUT2D eigenvalue weighted by Gasteiger charge is 2.62. The van der Waals surface area contributed by atoms with Gasteiger partial charge in [-0.15, -0.1) is 11.3 Å². The minimum atomic E-state index is -0.914. The molecule has 3 aliphatic heterocycles. The average Bonchev–Trinajstić information content (AvgIpc) is 3.44. The van der Waals surface area contributed by atoms with Crippen molar-refractivity contribution in [3.8, 4) is 0 Å². The summed E-state index contributed by atoms with van der Waals surface area (Å²) in [5.41, 5.74) is 1.01. The summed E-state index contributed by atoms with van der Waals surface area (Å²) in [6.45, 7) is 11.1. The van der Waals surface area contributed by atoms with Crippen molar-refractivity contribution in [2.24, 2.45) is 34.5 Å². The Labute approximate surface area is 305 Å². The number of ether oxygens (including phenoxy) is 2. The first-order valence-electron chi connectivity index (χ1n) is 18.7. The van der Waals surface area contributed by atoms with Crippen molar-refractivity contribution in [2.45, 2.75) is 90.8 Å². The zero-order valence-electron chi connectivity index (χ0n) is 30.9. The van der Waals surface area contributed by atoms with E-state index in [0.29, 0.717) is 56.7 Å². The maximum atomic E-state index is 14.5. The average molecular weight is 729 g/mol. The standard InChI is InChI=1S/C37H56N6O7S/c1-23(50-18-25-8-10-27(11-9-25)39-24(2)44)31(35(48)41-12-6-7-26(15-41)17-49-5)40-32(45)29-16-42(34(47)30-14-38-22-51-30)19-37(29)20-43(21-37)33(46)28-13-36(28,3)4/h14,22-23,25-29,31H,6-13,15-21H2,1-5H3,(H,39,44)(H,40,45)/t23-,25?,26+,27?,28-,29+,31+/m1/s1. The number of likely N-dealkylation sites (tertiary alicyclic amines) is 3. The molecule has 5 atom stereocenters. The lowest BCUT2D eigenvalue weighted by molar-refractivity contribution is -0.153. The third kappa shape index (κ3) is 8.43. The Kier molecular flexibility index (Phi) is 11.4. The molecule has 2 aliphatic carbocycles. The second-order valence-electron chi connectivity index (χ2n) is 16.6. The number of nitrogens with one attached hydrogen (secondary N) is 2. The van der Waals surface area contributed by atoms with Crippen LogP contribution < -0.4 is 10.6 Å². The van der Waals surface area contributed by atoms with Crippen molar-refractivity contribution in [3.63, 3.8) is 0 Å². The number of hydrogen-bond acceptors (Lipinski definition) is 9. The summed E-state index contributed by atoms with van der Waals surface area (Å²) in [6, 6.07) is -0.735. The Morgan fingerprint density at radius 3 is 2.29 bits per heavy atom. The van der Waals surface area contributed by atoms with E-state index in [1.807, 2.05) is 16.7 Å². The number of amides is 5. The zero-order chi connectivity index (χ0) is 36.5. The fourth-order valence-corrected chi connectivity index (χ4v) is 9.46. The number of piperidine rings is 1. The molecule has 14 heteroatoms. The molecule has 2 N–H and O–H groups in total. The first-order valence-corrected chi connectivity index (χ1v) is 19.6. The Hall–Kier alpha value is -3.10. The van der Waals surface area contributed by atoms with Crippen molar-refractivity contribution >= 4 is 40.9 Å². The fourth-order valence-electron chi connectivity index (χ4n) is 8.87. The summed E-state index contributed by atoms with van der Waals surface area (Å²) >= 11 is 1.27. The smallest absolute Gasteiger partial charge is 0.265 e. The normalized spacial score (nSPS) is 29.2. The van der Waals surface area contributed by atoms with Crippen LogP contribution in [0, 0.1) is 34.5 Å². The van der Waals surface area contributed by atoms with Crippen LogP contribution in [0.2, 0.25) is 0 Å². The molecule has 4 heterocycles. The van der Waals surface area contributed by atoms with E-state index < -0.39 is 23.5 Å². The van der Waals surface area contributed by atoms with Crippen LogP contribution in [0.4, 0.5) is 0 Å². The summed E-state index contributed by atoms with van der Waals surface area (Å²) in [5.74, 6) is -0.614. The van der Waals surface area contributed by atoms with Crippen LogP contribution in [-0.2, 0) is 28.7 Å². The van der Waals surface area contributed by atoms with E-state index in [1.54, 1.807) is 30.6 Å². The van der Waals surface area contributed by atoms with Crippen LogP contribution in [-0.4, -0.2) is 127 Å². The number of thiazole rings is 1. The third-order valence-electron chi connectivity index (χ3n) is 12.1. The summed E-state index contributed by atoms with van der Waals surface area (Å²) in [6.07, 6.45) is 7.23. The van der Waals surface area contributed by atoms with Crippen LogP contribution in [0.25, 0.3) is 0 Å². The molecule has 1 aromatic rings. The first-order chi connectivity index (χ1) is 24.3. The molecule has 51 heavy (non-hydrogen) atoms. The van der Waals surface area contributed by atoms with Crippen molar-refractivity contribution in [1.82, 2.24) is 30.3 Å². The largest absolute Gasteiger partial charge is 0.384 e. The minimum absolute atomic E-state index is 0.00826. The van der Waals surface area contributed by atoms with Gasteiger partial charge in [-0.05, 0) is 69.1 Å². The number of nitrogens with zero attached hydrogens (tertiary/aromatic N) is 4. The Morgan fingerprint density at radius 2 is 1.67 bits per heavy atom. The van der Waals surface area contributed by atoms with E-state index in [4.69, 9.17) is 9.47 Å².